The smallest absolute Gasteiger partial charge is 0.312 e. The van der Waals surface area contributed by atoms with Crippen LogP contribution in [0.5, 0.6) is 0 Å². The number of carboxylic acid groups (broad SMARTS) is 1. The largest absolute Gasteiger partial charge is 0.481 e. The topological polar surface area (TPSA) is 63.3 Å². The molecule has 1 fully saturated rings. The van der Waals surface area contributed by atoms with Gasteiger partial charge in [-0.15, -0.1) is 0 Å². The molecule has 1 aliphatic rings. The molecule has 5 heteroatoms. The fourth-order valence-corrected chi connectivity index (χ4v) is 1.33. The number of carboxylic acids is 1. The van der Waals surface area contributed by atoms with Crippen LogP contribution in [0.25, 0.3) is 0 Å². The molecule has 0 aliphatic heterocycles. The molecule has 1 saturated carbocycles. The number of nitrogens with two attached hydrogens (primary N) is 1. The van der Waals surface area contributed by atoms with Crippen LogP contribution in [0.3, 0.4) is 0 Å². The van der Waals surface area contributed by atoms with Gasteiger partial charge in [-0.25, -0.2) is 8.78 Å². The van der Waals surface area contributed by atoms with Crippen molar-refractivity contribution in [3.63, 3.8) is 0 Å². The zero-order valence-corrected chi connectivity index (χ0v) is 5.76. The van der Waals surface area contributed by atoms with Gasteiger partial charge in [0.25, 0.3) is 5.92 Å². The van der Waals surface area contributed by atoms with E-state index >= 15 is 0 Å². The first-order chi connectivity index (χ1) is 4.93. The molecule has 3 N–H and O–H groups in total. The summed E-state index contributed by atoms with van der Waals surface area (Å²) in [6, 6.07) is -0.675. The van der Waals surface area contributed by atoms with E-state index in [0.717, 1.165) is 0 Å². The molecule has 0 bridgehead atoms. The summed E-state index contributed by atoms with van der Waals surface area (Å²) in [6.45, 7) is 0. The molecule has 2 atom stereocenters. The Hall–Kier alpha value is -0.710. The van der Waals surface area contributed by atoms with Crippen molar-refractivity contribution in [1.82, 2.24) is 0 Å². The van der Waals surface area contributed by atoms with Crippen molar-refractivity contribution in [2.75, 3.05) is 0 Å². The van der Waals surface area contributed by atoms with E-state index in [-0.39, 0.29) is 6.42 Å². The summed E-state index contributed by atoms with van der Waals surface area (Å²) in [6.07, 6.45) is -0.633. The van der Waals surface area contributed by atoms with Gasteiger partial charge in [0, 0.05) is 12.5 Å². The Bertz CT molecular complexity index is 183. The second kappa shape index (κ2) is 2.41. The number of halogens is 2. The van der Waals surface area contributed by atoms with Gasteiger partial charge in [-0.05, 0) is 6.42 Å². The van der Waals surface area contributed by atoms with Crippen molar-refractivity contribution in [2.45, 2.75) is 24.8 Å². The maximum Gasteiger partial charge on any atom is 0.312 e. The van der Waals surface area contributed by atoms with E-state index in [2.05, 4.69) is 0 Å². The Balaban J connectivity index is 2.74. The summed E-state index contributed by atoms with van der Waals surface area (Å²) in [5.41, 5.74) is 5.20. The van der Waals surface area contributed by atoms with E-state index in [9.17, 15) is 13.6 Å². The van der Waals surface area contributed by atoms with Crippen LogP contribution >= 0.6 is 0 Å². The van der Waals surface area contributed by atoms with Gasteiger partial charge >= 0.3 is 5.97 Å². The van der Waals surface area contributed by atoms with Gasteiger partial charge in [0.1, 0.15) is 5.92 Å². The predicted molar refractivity (Wildman–Crippen MR) is 33.3 cm³/mol. The summed E-state index contributed by atoms with van der Waals surface area (Å²) in [5, 5.41) is 8.33. The van der Waals surface area contributed by atoms with Gasteiger partial charge < -0.3 is 10.8 Å². The van der Waals surface area contributed by atoms with E-state index in [1.54, 1.807) is 0 Å². The average Bonchev–Trinajstić information content (AvgIpc) is 2.04. The Kier molecular flexibility index (Phi) is 1.83. The number of hydrogen-bond acceptors (Lipinski definition) is 2. The van der Waals surface area contributed by atoms with Crippen molar-refractivity contribution in [1.29, 1.82) is 0 Å². The number of carbonyl (C=O) groups is 1. The molecule has 64 valence electrons. The SMILES string of the molecule is N[C@H]1C[C@@H](C(=O)O)C(F)(F)C1. The standard InChI is InChI=1S/C6H9F2NO2/c7-6(8)2-3(9)1-4(6)5(10)11/h3-4H,1-2,9H2,(H,10,11)/t3-,4-/m0/s1. The Morgan fingerprint density at radius 3 is 2.36 bits per heavy atom. The Morgan fingerprint density at radius 1 is 1.64 bits per heavy atom. The maximum atomic E-state index is 12.6. The number of aliphatic carboxylic acids is 1. The first-order valence-corrected chi connectivity index (χ1v) is 3.29. The fraction of sp³-hybridized carbons (Fsp3) is 0.833. The summed E-state index contributed by atoms with van der Waals surface area (Å²) in [5.74, 6) is -6.16. The third-order valence-corrected chi connectivity index (χ3v) is 1.88. The minimum Gasteiger partial charge on any atom is -0.481 e. The van der Waals surface area contributed by atoms with Gasteiger partial charge in [0.2, 0.25) is 0 Å². The van der Waals surface area contributed by atoms with E-state index < -0.39 is 30.3 Å². The molecule has 0 radical (unpaired) electrons. The van der Waals surface area contributed by atoms with Crippen LogP contribution in [0.2, 0.25) is 0 Å². The quantitative estimate of drug-likeness (QED) is 0.592. The minimum absolute atomic E-state index is 0.123. The van der Waals surface area contributed by atoms with Gasteiger partial charge in [-0.3, -0.25) is 4.79 Å². The summed E-state index contributed by atoms with van der Waals surface area (Å²) < 4.78 is 25.3. The first-order valence-electron chi connectivity index (χ1n) is 3.29. The third kappa shape index (κ3) is 1.48. The van der Waals surface area contributed by atoms with Gasteiger partial charge in [-0.1, -0.05) is 0 Å². The van der Waals surface area contributed by atoms with Crippen molar-refractivity contribution in [3.05, 3.63) is 0 Å². The molecule has 1 rings (SSSR count). The van der Waals surface area contributed by atoms with Gasteiger partial charge in [0.05, 0.1) is 0 Å². The molecule has 11 heavy (non-hydrogen) atoms. The molecule has 0 unspecified atom stereocenters. The molecule has 0 heterocycles. The molecule has 0 saturated heterocycles. The average molecular weight is 165 g/mol. The number of hydrogen-bond donors (Lipinski definition) is 2. The molecular weight excluding hydrogens is 156 g/mol. The second-order valence-electron chi connectivity index (χ2n) is 2.85. The summed E-state index contributed by atoms with van der Waals surface area (Å²) in [7, 11) is 0. The highest BCUT2D eigenvalue weighted by Crippen LogP contribution is 2.39. The van der Waals surface area contributed by atoms with Crippen molar-refractivity contribution in [3.8, 4) is 0 Å². The highest BCUT2D eigenvalue weighted by molar-refractivity contribution is 5.71. The molecule has 1 aliphatic carbocycles. The van der Waals surface area contributed by atoms with Crippen LogP contribution in [0.15, 0.2) is 0 Å². The van der Waals surface area contributed by atoms with E-state index in [0.29, 0.717) is 0 Å². The molecule has 0 aromatic carbocycles. The van der Waals surface area contributed by atoms with Crippen molar-refractivity contribution >= 4 is 5.97 Å². The predicted octanol–water partition coefficient (Wildman–Crippen LogP) is 0.444. The molecule has 0 aromatic heterocycles. The van der Waals surface area contributed by atoms with Crippen LogP contribution in [-0.4, -0.2) is 23.0 Å². The molecular formula is C6H9F2NO2. The lowest BCUT2D eigenvalue weighted by molar-refractivity contribution is -0.153. The lowest BCUT2D eigenvalue weighted by Gasteiger charge is -2.13. The second-order valence-corrected chi connectivity index (χ2v) is 2.85. The van der Waals surface area contributed by atoms with Gasteiger partial charge in [-0.2, -0.15) is 0 Å². The summed E-state index contributed by atoms with van der Waals surface area (Å²) in [4.78, 5) is 10.2. The zero-order chi connectivity index (χ0) is 8.65. The fourth-order valence-electron chi connectivity index (χ4n) is 1.33. The number of rotatable bonds is 1. The molecule has 0 aromatic rings. The van der Waals surface area contributed by atoms with Crippen LogP contribution < -0.4 is 5.73 Å². The van der Waals surface area contributed by atoms with E-state index in [4.69, 9.17) is 10.8 Å². The highest BCUT2D eigenvalue weighted by atomic mass is 19.3. The van der Waals surface area contributed by atoms with Crippen molar-refractivity contribution < 1.29 is 18.7 Å². The Labute approximate surface area is 62.2 Å². The minimum atomic E-state index is -3.12. The third-order valence-electron chi connectivity index (χ3n) is 1.88. The monoisotopic (exact) mass is 165 g/mol. The van der Waals surface area contributed by atoms with Crippen LogP contribution in [0.4, 0.5) is 8.78 Å². The Morgan fingerprint density at radius 2 is 2.18 bits per heavy atom. The van der Waals surface area contributed by atoms with Crippen LogP contribution in [-0.2, 0) is 4.79 Å². The molecule has 3 nitrogen and oxygen atoms in total. The normalized spacial score (nSPS) is 35.5. The van der Waals surface area contributed by atoms with Crippen LogP contribution in [0, 0.1) is 5.92 Å². The van der Waals surface area contributed by atoms with E-state index in [1.165, 1.54) is 0 Å². The lowest BCUT2D eigenvalue weighted by Crippen LogP contribution is -2.28. The van der Waals surface area contributed by atoms with E-state index in [1.807, 2.05) is 0 Å². The van der Waals surface area contributed by atoms with Gasteiger partial charge in [0.15, 0.2) is 0 Å². The molecule has 0 amide bonds. The zero-order valence-electron chi connectivity index (χ0n) is 5.76. The first kappa shape index (κ1) is 8.39. The molecule has 0 spiro atoms. The summed E-state index contributed by atoms with van der Waals surface area (Å²) >= 11 is 0. The van der Waals surface area contributed by atoms with Crippen molar-refractivity contribution in [2.24, 2.45) is 11.7 Å². The van der Waals surface area contributed by atoms with Crippen LogP contribution in [0.1, 0.15) is 12.8 Å². The maximum absolute atomic E-state index is 12.6. The highest BCUT2D eigenvalue weighted by Gasteiger charge is 2.51. The lowest BCUT2D eigenvalue weighted by atomic mass is 10.1. The number of alkyl halides is 2.